The van der Waals surface area contributed by atoms with Gasteiger partial charge in [0.05, 0.1) is 24.9 Å². The summed E-state index contributed by atoms with van der Waals surface area (Å²) in [4.78, 5) is 33.0. The Kier molecular flexibility index (Phi) is 5.23. The first-order chi connectivity index (χ1) is 12.0. The molecule has 1 fully saturated rings. The largest absolute Gasteiger partial charge is 0.377 e. The number of aryl methyl sites for hydroxylation is 2. The smallest absolute Gasteiger partial charge is 0.251 e. The molecule has 0 radical (unpaired) electrons. The Hall–Kier alpha value is -2.54. The summed E-state index contributed by atoms with van der Waals surface area (Å²) in [5, 5.41) is 0. The molecule has 2 aromatic rings. The number of rotatable bonds is 4. The van der Waals surface area contributed by atoms with Crippen molar-refractivity contribution in [1.82, 2.24) is 14.9 Å². The van der Waals surface area contributed by atoms with Crippen molar-refractivity contribution in [2.45, 2.75) is 25.8 Å². The second-order valence-electron chi connectivity index (χ2n) is 6.06. The van der Waals surface area contributed by atoms with E-state index in [1.165, 1.54) is 18.2 Å². The van der Waals surface area contributed by atoms with Crippen LogP contribution < -0.4 is 5.56 Å². The second-order valence-corrected chi connectivity index (χ2v) is 6.06. The highest BCUT2D eigenvalue weighted by atomic mass is 19.1. The van der Waals surface area contributed by atoms with Gasteiger partial charge in [0.15, 0.2) is 0 Å². The average Bonchev–Trinajstić information content (AvgIpc) is 2.59. The molecule has 7 heteroatoms. The van der Waals surface area contributed by atoms with E-state index in [9.17, 15) is 14.0 Å². The maximum atomic E-state index is 13.3. The maximum absolute atomic E-state index is 13.3. The number of amides is 1. The first-order valence-corrected chi connectivity index (χ1v) is 8.22. The molecule has 1 unspecified atom stereocenters. The fraction of sp³-hybridized carbons (Fsp3) is 0.389. The van der Waals surface area contributed by atoms with E-state index in [2.05, 4.69) is 9.97 Å². The molecule has 1 aromatic carbocycles. The molecule has 0 aliphatic carbocycles. The highest BCUT2D eigenvalue weighted by molar-refractivity contribution is 5.77. The quantitative estimate of drug-likeness (QED) is 0.916. The van der Waals surface area contributed by atoms with Crippen LogP contribution in [0.3, 0.4) is 0 Å². The van der Waals surface area contributed by atoms with E-state index in [0.717, 1.165) is 5.56 Å². The average molecular weight is 345 g/mol. The molecule has 1 atom stereocenters. The highest BCUT2D eigenvalue weighted by Crippen LogP contribution is 2.23. The van der Waals surface area contributed by atoms with E-state index in [4.69, 9.17) is 4.74 Å². The van der Waals surface area contributed by atoms with Crippen molar-refractivity contribution in [2.24, 2.45) is 0 Å². The monoisotopic (exact) mass is 345 g/mol. The Morgan fingerprint density at radius 2 is 2.28 bits per heavy atom. The van der Waals surface area contributed by atoms with Crippen molar-refractivity contribution in [3.63, 3.8) is 0 Å². The topological polar surface area (TPSA) is 75.3 Å². The molecule has 0 saturated carbocycles. The predicted octanol–water partition coefficient (Wildman–Crippen LogP) is 1.75. The minimum absolute atomic E-state index is 0.0581. The molecule has 1 saturated heterocycles. The predicted molar refractivity (Wildman–Crippen MR) is 89.6 cm³/mol. The van der Waals surface area contributed by atoms with E-state index >= 15 is 0 Å². The highest BCUT2D eigenvalue weighted by Gasteiger charge is 2.29. The van der Waals surface area contributed by atoms with E-state index in [0.29, 0.717) is 37.7 Å². The summed E-state index contributed by atoms with van der Waals surface area (Å²) < 4.78 is 18.7. The van der Waals surface area contributed by atoms with Crippen LogP contribution in [0.1, 0.15) is 29.5 Å². The van der Waals surface area contributed by atoms with Crippen molar-refractivity contribution in [3.8, 4) is 0 Å². The third-order valence-corrected chi connectivity index (χ3v) is 4.19. The van der Waals surface area contributed by atoms with E-state index in [1.54, 1.807) is 24.0 Å². The molecular weight excluding hydrogens is 325 g/mol. The lowest BCUT2D eigenvalue weighted by Crippen LogP contribution is -2.44. The first kappa shape index (κ1) is 17.3. The summed E-state index contributed by atoms with van der Waals surface area (Å²) in [6.07, 6.45) is 0.727. The van der Waals surface area contributed by atoms with Gasteiger partial charge in [0.1, 0.15) is 11.6 Å². The number of ether oxygens (including phenoxy) is 1. The second kappa shape index (κ2) is 7.57. The SMILES string of the molecule is Cc1nc(C2COCCN2C(=O)CCc2cccc(F)c2)cc(=O)[nH]1. The number of nitrogens with one attached hydrogen (secondary N) is 1. The van der Waals surface area contributed by atoms with Gasteiger partial charge in [-0.2, -0.15) is 0 Å². The summed E-state index contributed by atoms with van der Waals surface area (Å²) in [6.45, 7) is 2.90. The van der Waals surface area contributed by atoms with Crippen molar-refractivity contribution in [1.29, 1.82) is 0 Å². The zero-order valence-corrected chi connectivity index (χ0v) is 14.0. The van der Waals surface area contributed by atoms with Gasteiger partial charge in [0.25, 0.3) is 5.56 Å². The lowest BCUT2D eigenvalue weighted by molar-refractivity contribution is -0.140. The number of H-pyrrole nitrogens is 1. The summed E-state index contributed by atoms with van der Waals surface area (Å²) in [5.41, 5.74) is 1.06. The van der Waals surface area contributed by atoms with Crippen LogP contribution >= 0.6 is 0 Å². The number of carbonyl (C=O) groups is 1. The van der Waals surface area contributed by atoms with Crippen molar-refractivity contribution >= 4 is 5.91 Å². The van der Waals surface area contributed by atoms with Gasteiger partial charge in [0, 0.05) is 19.0 Å². The van der Waals surface area contributed by atoms with E-state index in [1.807, 2.05) is 0 Å². The van der Waals surface area contributed by atoms with Crippen LogP contribution in [0.2, 0.25) is 0 Å². The Morgan fingerprint density at radius 1 is 1.44 bits per heavy atom. The van der Waals surface area contributed by atoms with Crippen LogP contribution in [0.4, 0.5) is 4.39 Å². The lowest BCUT2D eigenvalue weighted by Gasteiger charge is -2.35. The van der Waals surface area contributed by atoms with Crippen LogP contribution in [-0.4, -0.2) is 40.5 Å². The number of nitrogens with zero attached hydrogens (tertiary/aromatic N) is 2. The van der Waals surface area contributed by atoms with Crippen LogP contribution in [0.15, 0.2) is 35.1 Å². The van der Waals surface area contributed by atoms with Crippen molar-refractivity contribution < 1.29 is 13.9 Å². The molecule has 25 heavy (non-hydrogen) atoms. The van der Waals surface area contributed by atoms with Crippen LogP contribution in [-0.2, 0) is 16.0 Å². The molecule has 132 valence electrons. The molecule has 1 aliphatic heterocycles. The number of halogens is 1. The number of carbonyl (C=O) groups excluding carboxylic acids is 1. The fourth-order valence-electron chi connectivity index (χ4n) is 3.01. The zero-order chi connectivity index (χ0) is 17.8. The number of aromatic nitrogens is 2. The molecule has 1 aliphatic rings. The third kappa shape index (κ3) is 4.30. The Morgan fingerprint density at radius 3 is 3.04 bits per heavy atom. The van der Waals surface area contributed by atoms with Gasteiger partial charge < -0.3 is 14.6 Å². The standard InChI is InChI=1S/C18H20FN3O3/c1-12-20-15(10-17(23)21-12)16-11-25-8-7-22(16)18(24)6-5-13-3-2-4-14(19)9-13/h2-4,9-10,16H,5-8,11H2,1H3,(H,20,21,23). The number of hydrogen-bond acceptors (Lipinski definition) is 4. The fourth-order valence-corrected chi connectivity index (χ4v) is 3.01. The molecular formula is C18H20FN3O3. The van der Waals surface area contributed by atoms with Crippen LogP contribution in [0.25, 0.3) is 0 Å². The first-order valence-electron chi connectivity index (χ1n) is 8.22. The summed E-state index contributed by atoms with van der Waals surface area (Å²) in [6, 6.07) is 7.27. The molecule has 2 heterocycles. The normalized spacial score (nSPS) is 17.5. The van der Waals surface area contributed by atoms with Gasteiger partial charge in [-0.05, 0) is 31.0 Å². The van der Waals surface area contributed by atoms with Gasteiger partial charge in [-0.1, -0.05) is 12.1 Å². The lowest BCUT2D eigenvalue weighted by atomic mass is 10.1. The van der Waals surface area contributed by atoms with Gasteiger partial charge in [-0.25, -0.2) is 9.37 Å². The zero-order valence-electron chi connectivity index (χ0n) is 14.0. The molecule has 0 spiro atoms. The van der Waals surface area contributed by atoms with Crippen LogP contribution in [0.5, 0.6) is 0 Å². The van der Waals surface area contributed by atoms with Crippen molar-refractivity contribution in [2.75, 3.05) is 19.8 Å². The summed E-state index contributed by atoms with van der Waals surface area (Å²) in [7, 11) is 0. The summed E-state index contributed by atoms with van der Waals surface area (Å²) in [5.74, 6) is 0.134. The van der Waals surface area contributed by atoms with E-state index in [-0.39, 0.29) is 29.7 Å². The molecule has 6 nitrogen and oxygen atoms in total. The number of aromatic amines is 1. The Balaban J connectivity index is 1.73. The maximum Gasteiger partial charge on any atom is 0.251 e. The third-order valence-electron chi connectivity index (χ3n) is 4.19. The minimum atomic E-state index is -0.380. The molecule has 0 bridgehead atoms. The van der Waals surface area contributed by atoms with Gasteiger partial charge in [-0.15, -0.1) is 0 Å². The number of benzene rings is 1. The number of morpholine rings is 1. The van der Waals surface area contributed by atoms with Gasteiger partial charge in [-0.3, -0.25) is 9.59 Å². The van der Waals surface area contributed by atoms with Crippen molar-refractivity contribution in [3.05, 3.63) is 63.6 Å². The Labute approximate surface area is 144 Å². The molecule has 1 N–H and O–H groups in total. The molecule has 1 aromatic heterocycles. The van der Waals surface area contributed by atoms with Crippen LogP contribution in [0, 0.1) is 12.7 Å². The summed E-state index contributed by atoms with van der Waals surface area (Å²) >= 11 is 0. The molecule has 1 amide bonds. The van der Waals surface area contributed by atoms with Gasteiger partial charge >= 0.3 is 0 Å². The molecule has 3 rings (SSSR count). The van der Waals surface area contributed by atoms with E-state index < -0.39 is 0 Å². The minimum Gasteiger partial charge on any atom is -0.377 e. The number of hydrogen-bond donors (Lipinski definition) is 1. The van der Waals surface area contributed by atoms with Gasteiger partial charge in [0.2, 0.25) is 5.91 Å². The Bertz CT molecular complexity index is 821.